The van der Waals surface area contributed by atoms with Crippen LogP contribution in [0.3, 0.4) is 0 Å². The van der Waals surface area contributed by atoms with Gasteiger partial charge in [-0.15, -0.1) is 0 Å². The molecule has 0 heterocycles. The average molecular weight is 490 g/mol. The minimum absolute atomic E-state index is 0.00134. The Kier molecular flexibility index (Phi) is 10.2. The van der Waals surface area contributed by atoms with Gasteiger partial charge in [0.05, 0.1) is 0 Å². The second-order valence-corrected chi connectivity index (χ2v) is 6.53. The van der Waals surface area contributed by atoms with Crippen LogP contribution >= 0.6 is 0 Å². The lowest BCUT2D eigenvalue weighted by atomic mass is 10.2. The highest BCUT2D eigenvalue weighted by Gasteiger charge is 2.13. The Bertz CT molecular complexity index is 1240. The van der Waals surface area contributed by atoms with Gasteiger partial charge in [-0.2, -0.15) is 0 Å². The molecule has 2 aromatic rings. The van der Waals surface area contributed by atoms with Crippen LogP contribution in [0.4, 0.5) is 0 Å². The van der Waals surface area contributed by atoms with Gasteiger partial charge < -0.3 is 23.7 Å². The van der Waals surface area contributed by atoms with Crippen LogP contribution in [0, 0.1) is 0 Å². The molecule has 0 aliphatic rings. The summed E-state index contributed by atoms with van der Waals surface area (Å²) in [5, 5.41) is 0. The summed E-state index contributed by atoms with van der Waals surface area (Å²) in [5.41, 5.74) is 0.592. The standard InChI is InChI=1S/C27H22O9/c1-5-24(28)33-19-12-14-20(23(17-19)36-27(31)8-4)32-15-9-10-18-11-13-21(34-25(29)6-2)22(16-18)35-26(30)7-3/h5-14,16-17H,1-4,15H2. The zero-order valence-corrected chi connectivity index (χ0v) is 19.1. The zero-order valence-electron chi connectivity index (χ0n) is 19.1. The van der Waals surface area contributed by atoms with Crippen molar-refractivity contribution in [1.82, 2.24) is 0 Å². The van der Waals surface area contributed by atoms with E-state index < -0.39 is 23.9 Å². The van der Waals surface area contributed by atoms with E-state index in [0.717, 1.165) is 24.3 Å². The van der Waals surface area contributed by atoms with Crippen LogP contribution in [-0.2, 0) is 19.2 Å². The van der Waals surface area contributed by atoms with Crippen molar-refractivity contribution in [3.63, 3.8) is 0 Å². The highest BCUT2D eigenvalue weighted by atomic mass is 16.6. The van der Waals surface area contributed by atoms with Crippen molar-refractivity contribution >= 4 is 30.0 Å². The van der Waals surface area contributed by atoms with E-state index in [1.165, 1.54) is 30.3 Å². The quantitative estimate of drug-likeness (QED) is 0.246. The fourth-order valence-electron chi connectivity index (χ4n) is 2.47. The van der Waals surface area contributed by atoms with E-state index in [1.807, 2.05) is 0 Å². The van der Waals surface area contributed by atoms with E-state index >= 15 is 0 Å². The minimum Gasteiger partial charge on any atom is -0.486 e. The number of rotatable bonds is 12. The molecule has 0 atom stereocenters. The van der Waals surface area contributed by atoms with Gasteiger partial charge in [0.1, 0.15) is 12.4 Å². The Balaban J connectivity index is 2.18. The molecule has 0 fully saturated rings. The predicted octanol–water partition coefficient (Wildman–Crippen LogP) is 4.14. The van der Waals surface area contributed by atoms with Crippen LogP contribution in [0.15, 0.2) is 93.1 Å². The minimum atomic E-state index is -0.737. The maximum atomic E-state index is 11.7. The third-order valence-electron chi connectivity index (χ3n) is 4.05. The fraction of sp³-hybridized carbons (Fsp3) is 0.0370. The molecule has 0 aromatic heterocycles. The molecule has 0 bridgehead atoms. The summed E-state index contributed by atoms with van der Waals surface area (Å²) in [6, 6.07) is 8.77. The van der Waals surface area contributed by atoms with E-state index in [0.29, 0.717) is 5.56 Å². The first kappa shape index (κ1) is 27.1. The van der Waals surface area contributed by atoms with E-state index in [9.17, 15) is 19.2 Å². The highest BCUT2D eigenvalue weighted by molar-refractivity contribution is 5.86. The van der Waals surface area contributed by atoms with Crippen molar-refractivity contribution in [2.24, 2.45) is 0 Å². The fourth-order valence-corrected chi connectivity index (χ4v) is 2.47. The lowest BCUT2D eigenvalue weighted by Gasteiger charge is -2.11. The van der Waals surface area contributed by atoms with Crippen LogP contribution < -0.4 is 23.7 Å². The first-order chi connectivity index (χ1) is 17.3. The summed E-state index contributed by atoms with van der Waals surface area (Å²) < 4.78 is 26.0. The molecule has 9 nitrogen and oxygen atoms in total. The molecule has 0 spiro atoms. The Morgan fingerprint density at radius 3 is 1.69 bits per heavy atom. The van der Waals surface area contributed by atoms with Gasteiger partial charge in [-0.3, -0.25) is 0 Å². The van der Waals surface area contributed by atoms with Crippen molar-refractivity contribution in [2.45, 2.75) is 0 Å². The molecule has 0 unspecified atom stereocenters. The normalized spacial score (nSPS) is 10.0. The summed E-state index contributed by atoms with van der Waals surface area (Å²) >= 11 is 0. The molecule has 2 aromatic carbocycles. The Morgan fingerprint density at radius 2 is 1.11 bits per heavy atom. The van der Waals surface area contributed by atoms with E-state index in [2.05, 4.69) is 26.3 Å². The summed E-state index contributed by atoms with van der Waals surface area (Å²) in [5.74, 6) is -2.53. The van der Waals surface area contributed by atoms with Crippen LogP contribution in [0.1, 0.15) is 5.56 Å². The summed E-state index contributed by atoms with van der Waals surface area (Å²) in [6.07, 6.45) is 7.19. The van der Waals surface area contributed by atoms with Crippen molar-refractivity contribution in [1.29, 1.82) is 0 Å². The molecule has 0 saturated carbocycles. The highest BCUT2D eigenvalue weighted by Crippen LogP contribution is 2.32. The van der Waals surface area contributed by atoms with Crippen molar-refractivity contribution in [2.75, 3.05) is 6.61 Å². The number of benzene rings is 2. The second kappa shape index (κ2) is 13.5. The molecule has 36 heavy (non-hydrogen) atoms. The molecule has 9 heteroatoms. The van der Waals surface area contributed by atoms with Gasteiger partial charge in [0.15, 0.2) is 23.0 Å². The van der Waals surface area contributed by atoms with Crippen LogP contribution in [0.2, 0.25) is 0 Å². The molecular weight excluding hydrogens is 468 g/mol. The Hall–Kier alpha value is -5.18. The lowest BCUT2D eigenvalue weighted by Crippen LogP contribution is -2.08. The molecular formula is C27H22O9. The predicted molar refractivity (Wildman–Crippen MR) is 131 cm³/mol. The third kappa shape index (κ3) is 8.31. The topological polar surface area (TPSA) is 114 Å². The number of esters is 4. The number of ether oxygens (including phenoxy) is 5. The van der Waals surface area contributed by atoms with E-state index in [1.54, 1.807) is 18.2 Å². The van der Waals surface area contributed by atoms with Crippen molar-refractivity contribution in [3.8, 4) is 28.7 Å². The molecule has 184 valence electrons. The number of carbonyl (C=O) groups excluding carboxylic acids is 4. The van der Waals surface area contributed by atoms with Crippen molar-refractivity contribution < 1.29 is 42.9 Å². The summed E-state index contributed by atoms with van der Waals surface area (Å²) in [7, 11) is 0. The van der Waals surface area contributed by atoms with Crippen LogP contribution in [0.25, 0.3) is 6.08 Å². The molecule has 0 aliphatic heterocycles. The SMILES string of the molecule is C=CC(=O)Oc1ccc(OCC=Cc2ccc(OC(=O)C=C)c(OC(=O)C=C)c2)c(OC(=O)C=C)c1. The number of hydrogen-bond acceptors (Lipinski definition) is 9. The second-order valence-electron chi connectivity index (χ2n) is 6.53. The van der Waals surface area contributed by atoms with Gasteiger partial charge in [0.2, 0.25) is 0 Å². The van der Waals surface area contributed by atoms with Gasteiger partial charge in [0, 0.05) is 30.4 Å². The maximum Gasteiger partial charge on any atom is 0.335 e. The lowest BCUT2D eigenvalue weighted by molar-refractivity contribution is -0.131. The average Bonchev–Trinajstić information content (AvgIpc) is 2.88. The summed E-state index contributed by atoms with van der Waals surface area (Å²) in [4.78, 5) is 46.3. The first-order valence-corrected chi connectivity index (χ1v) is 10.2. The molecule has 0 radical (unpaired) electrons. The first-order valence-electron chi connectivity index (χ1n) is 10.2. The molecule has 0 saturated heterocycles. The molecule has 0 N–H and O–H groups in total. The smallest absolute Gasteiger partial charge is 0.335 e. The van der Waals surface area contributed by atoms with Gasteiger partial charge in [-0.05, 0) is 35.9 Å². The molecule has 0 aliphatic carbocycles. The molecule has 2 rings (SSSR count). The molecule has 0 amide bonds. The maximum absolute atomic E-state index is 11.7. The van der Waals surface area contributed by atoms with E-state index in [-0.39, 0.29) is 35.4 Å². The largest absolute Gasteiger partial charge is 0.486 e. The third-order valence-corrected chi connectivity index (χ3v) is 4.05. The number of carbonyl (C=O) groups is 4. The van der Waals surface area contributed by atoms with Gasteiger partial charge in [-0.25, -0.2) is 19.2 Å². The Morgan fingerprint density at radius 1 is 0.611 bits per heavy atom. The van der Waals surface area contributed by atoms with Crippen molar-refractivity contribution in [3.05, 3.63) is 98.7 Å². The Labute approximate surface area is 207 Å². The number of hydrogen-bond donors (Lipinski definition) is 0. The zero-order chi connectivity index (χ0) is 26.5. The monoisotopic (exact) mass is 490 g/mol. The summed E-state index contributed by atoms with van der Waals surface area (Å²) in [6.45, 7) is 13.4. The van der Waals surface area contributed by atoms with Gasteiger partial charge in [0.25, 0.3) is 0 Å². The van der Waals surface area contributed by atoms with Gasteiger partial charge in [-0.1, -0.05) is 38.5 Å². The van der Waals surface area contributed by atoms with Crippen LogP contribution in [0.5, 0.6) is 28.7 Å². The van der Waals surface area contributed by atoms with E-state index in [4.69, 9.17) is 23.7 Å². The van der Waals surface area contributed by atoms with Crippen LogP contribution in [-0.4, -0.2) is 30.5 Å². The van der Waals surface area contributed by atoms with Gasteiger partial charge >= 0.3 is 23.9 Å².